The zero-order chi connectivity index (χ0) is 13.6. The van der Waals surface area contributed by atoms with E-state index >= 15 is 0 Å². The van der Waals surface area contributed by atoms with Crippen LogP contribution in [0, 0.1) is 5.41 Å². The first-order chi connectivity index (χ1) is 8.45. The first kappa shape index (κ1) is 15.4. The lowest BCUT2D eigenvalue weighted by molar-refractivity contribution is -0.129. The minimum atomic E-state index is -0.280. The van der Waals surface area contributed by atoms with Crippen molar-refractivity contribution >= 4 is 5.91 Å². The van der Waals surface area contributed by atoms with Gasteiger partial charge in [0, 0.05) is 18.0 Å². The Morgan fingerprint density at radius 2 is 1.94 bits per heavy atom. The first-order valence-electron chi connectivity index (χ1n) is 7.11. The van der Waals surface area contributed by atoms with Crippen molar-refractivity contribution in [1.29, 1.82) is 0 Å². The van der Waals surface area contributed by atoms with E-state index in [4.69, 9.17) is 10.5 Å². The van der Waals surface area contributed by atoms with Gasteiger partial charge in [-0.2, -0.15) is 0 Å². The molecule has 0 atom stereocenters. The molecule has 0 bridgehead atoms. The van der Waals surface area contributed by atoms with E-state index in [0.717, 1.165) is 32.1 Å². The van der Waals surface area contributed by atoms with Crippen LogP contribution in [0.25, 0.3) is 0 Å². The zero-order valence-corrected chi connectivity index (χ0v) is 12.0. The molecule has 0 aromatic carbocycles. The molecule has 18 heavy (non-hydrogen) atoms. The van der Waals surface area contributed by atoms with E-state index in [0.29, 0.717) is 25.3 Å². The molecule has 0 aromatic heterocycles. The maximum absolute atomic E-state index is 11.8. The second-order valence-electron chi connectivity index (χ2n) is 5.90. The average molecular weight is 256 g/mol. The number of hydrogen-bond acceptors (Lipinski definition) is 3. The molecule has 1 aliphatic rings. The van der Waals surface area contributed by atoms with Crippen LogP contribution in [0.2, 0.25) is 0 Å². The molecule has 0 saturated heterocycles. The summed E-state index contributed by atoms with van der Waals surface area (Å²) in [4.78, 5) is 11.8. The van der Waals surface area contributed by atoms with Gasteiger partial charge in [0.05, 0.1) is 12.7 Å². The van der Waals surface area contributed by atoms with Crippen LogP contribution in [0.5, 0.6) is 0 Å². The fraction of sp³-hybridized carbons (Fsp3) is 0.929. The van der Waals surface area contributed by atoms with Crippen LogP contribution in [0.3, 0.4) is 0 Å². The van der Waals surface area contributed by atoms with Crippen molar-refractivity contribution in [3.05, 3.63) is 0 Å². The molecule has 0 aliphatic heterocycles. The molecule has 1 saturated carbocycles. The summed E-state index contributed by atoms with van der Waals surface area (Å²) in [6.07, 6.45) is 5.39. The summed E-state index contributed by atoms with van der Waals surface area (Å²) in [7, 11) is 0. The lowest BCUT2D eigenvalue weighted by Gasteiger charge is -2.26. The van der Waals surface area contributed by atoms with Gasteiger partial charge in [-0.25, -0.2) is 0 Å². The Bertz CT molecular complexity index is 259. The maximum Gasteiger partial charge on any atom is 0.225 e. The minimum Gasteiger partial charge on any atom is -0.376 e. The van der Waals surface area contributed by atoms with Crippen LogP contribution in [-0.4, -0.2) is 31.2 Å². The smallest absolute Gasteiger partial charge is 0.225 e. The Balaban J connectivity index is 2.10. The number of carbonyl (C=O) groups excluding carboxylic acids is 1. The zero-order valence-electron chi connectivity index (χ0n) is 12.0. The predicted octanol–water partition coefficient (Wildman–Crippen LogP) is 1.83. The molecule has 106 valence electrons. The molecular weight excluding hydrogens is 228 g/mol. The fourth-order valence-corrected chi connectivity index (χ4v) is 2.05. The lowest BCUT2D eigenvalue weighted by atomic mass is 9.89. The number of amides is 1. The average Bonchev–Trinajstić information content (AvgIpc) is 2.36. The number of ether oxygens (including phenoxy) is 1. The molecule has 0 unspecified atom stereocenters. The standard InChI is InChI=1S/C14H28N2O2/c1-4-14(2,3)13(17)16-9-10-18-12-7-5-11(15)6-8-12/h11-12H,4-10,15H2,1-3H3,(H,16,17). The predicted molar refractivity (Wildman–Crippen MR) is 73.3 cm³/mol. The number of rotatable bonds is 6. The number of carbonyl (C=O) groups is 1. The van der Waals surface area contributed by atoms with Crippen LogP contribution in [0.1, 0.15) is 52.9 Å². The van der Waals surface area contributed by atoms with Crippen LogP contribution in [-0.2, 0) is 9.53 Å². The van der Waals surface area contributed by atoms with E-state index in [-0.39, 0.29) is 11.3 Å². The Morgan fingerprint density at radius 3 is 2.50 bits per heavy atom. The van der Waals surface area contributed by atoms with E-state index in [2.05, 4.69) is 5.32 Å². The third-order valence-corrected chi connectivity index (χ3v) is 3.96. The lowest BCUT2D eigenvalue weighted by Crippen LogP contribution is -2.39. The monoisotopic (exact) mass is 256 g/mol. The number of nitrogens with one attached hydrogen (secondary N) is 1. The highest BCUT2D eigenvalue weighted by Crippen LogP contribution is 2.20. The highest BCUT2D eigenvalue weighted by molar-refractivity contribution is 5.81. The van der Waals surface area contributed by atoms with Crippen LogP contribution < -0.4 is 11.1 Å². The van der Waals surface area contributed by atoms with Crippen molar-refractivity contribution < 1.29 is 9.53 Å². The molecule has 3 N–H and O–H groups in total. The second-order valence-corrected chi connectivity index (χ2v) is 5.90. The summed E-state index contributed by atoms with van der Waals surface area (Å²) in [6.45, 7) is 7.16. The molecule has 0 aromatic rings. The normalized spacial score (nSPS) is 24.9. The van der Waals surface area contributed by atoms with Crippen molar-refractivity contribution in [3.63, 3.8) is 0 Å². The molecular formula is C14H28N2O2. The Kier molecular flexibility index (Phi) is 6.09. The molecule has 1 amide bonds. The van der Waals surface area contributed by atoms with E-state index in [9.17, 15) is 4.79 Å². The SMILES string of the molecule is CCC(C)(C)C(=O)NCCOC1CCC(N)CC1. The van der Waals surface area contributed by atoms with Crippen LogP contribution >= 0.6 is 0 Å². The van der Waals surface area contributed by atoms with Gasteiger partial charge in [-0.1, -0.05) is 20.8 Å². The molecule has 4 heteroatoms. The van der Waals surface area contributed by atoms with Crippen molar-refractivity contribution in [3.8, 4) is 0 Å². The van der Waals surface area contributed by atoms with Gasteiger partial charge < -0.3 is 15.8 Å². The molecule has 1 fully saturated rings. The van der Waals surface area contributed by atoms with Crippen LogP contribution in [0.4, 0.5) is 0 Å². The molecule has 0 spiro atoms. The minimum absolute atomic E-state index is 0.110. The van der Waals surface area contributed by atoms with Gasteiger partial charge in [-0.05, 0) is 32.1 Å². The summed E-state index contributed by atoms with van der Waals surface area (Å²) in [5.41, 5.74) is 5.56. The van der Waals surface area contributed by atoms with Crippen LogP contribution in [0.15, 0.2) is 0 Å². The summed E-state index contributed by atoms with van der Waals surface area (Å²) in [5.74, 6) is 0.110. The first-order valence-corrected chi connectivity index (χ1v) is 7.11. The molecule has 0 radical (unpaired) electrons. The Hall–Kier alpha value is -0.610. The summed E-state index contributed by atoms with van der Waals surface area (Å²) < 4.78 is 5.76. The summed E-state index contributed by atoms with van der Waals surface area (Å²) >= 11 is 0. The third kappa shape index (κ3) is 4.94. The molecule has 0 heterocycles. The highest BCUT2D eigenvalue weighted by atomic mass is 16.5. The Labute approximate surface area is 111 Å². The van der Waals surface area contributed by atoms with Gasteiger partial charge >= 0.3 is 0 Å². The number of hydrogen-bond donors (Lipinski definition) is 2. The largest absolute Gasteiger partial charge is 0.376 e. The van der Waals surface area contributed by atoms with E-state index in [1.54, 1.807) is 0 Å². The molecule has 1 aliphatic carbocycles. The van der Waals surface area contributed by atoms with E-state index < -0.39 is 0 Å². The third-order valence-electron chi connectivity index (χ3n) is 3.96. The Morgan fingerprint density at radius 1 is 1.33 bits per heavy atom. The van der Waals surface area contributed by atoms with Gasteiger partial charge in [0.15, 0.2) is 0 Å². The second kappa shape index (κ2) is 7.10. The van der Waals surface area contributed by atoms with Gasteiger partial charge in [-0.15, -0.1) is 0 Å². The summed E-state index contributed by atoms with van der Waals surface area (Å²) in [5, 5.41) is 2.93. The van der Waals surface area contributed by atoms with Crippen molar-refractivity contribution in [1.82, 2.24) is 5.32 Å². The van der Waals surface area contributed by atoms with Crippen molar-refractivity contribution in [2.24, 2.45) is 11.1 Å². The van der Waals surface area contributed by atoms with Crippen molar-refractivity contribution in [2.75, 3.05) is 13.2 Å². The molecule has 1 rings (SSSR count). The topological polar surface area (TPSA) is 64.3 Å². The molecule has 4 nitrogen and oxygen atoms in total. The maximum atomic E-state index is 11.8. The van der Waals surface area contributed by atoms with E-state index in [1.165, 1.54) is 0 Å². The van der Waals surface area contributed by atoms with Gasteiger partial charge in [0.1, 0.15) is 0 Å². The van der Waals surface area contributed by atoms with Gasteiger partial charge in [0.25, 0.3) is 0 Å². The quantitative estimate of drug-likeness (QED) is 0.713. The highest BCUT2D eigenvalue weighted by Gasteiger charge is 2.24. The van der Waals surface area contributed by atoms with Gasteiger partial charge in [-0.3, -0.25) is 4.79 Å². The number of nitrogens with two attached hydrogens (primary N) is 1. The fourth-order valence-electron chi connectivity index (χ4n) is 2.05. The van der Waals surface area contributed by atoms with Crippen molar-refractivity contribution in [2.45, 2.75) is 65.0 Å². The summed E-state index contributed by atoms with van der Waals surface area (Å²) in [6, 6.07) is 0.356. The van der Waals surface area contributed by atoms with E-state index in [1.807, 2.05) is 20.8 Å². The van der Waals surface area contributed by atoms with Gasteiger partial charge in [0.2, 0.25) is 5.91 Å².